The van der Waals surface area contributed by atoms with Crippen molar-refractivity contribution in [3.05, 3.63) is 40.7 Å². The van der Waals surface area contributed by atoms with Crippen LogP contribution in [0.1, 0.15) is 25.1 Å². The van der Waals surface area contributed by atoms with Gasteiger partial charge in [0.1, 0.15) is 10.8 Å². The fourth-order valence-corrected chi connectivity index (χ4v) is 2.51. The highest BCUT2D eigenvalue weighted by Crippen LogP contribution is 2.34. The van der Waals surface area contributed by atoms with Crippen LogP contribution in [-0.2, 0) is 12.7 Å². The van der Waals surface area contributed by atoms with Crippen molar-refractivity contribution in [3.63, 3.8) is 0 Å². The van der Waals surface area contributed by atoms with E-state index in [1.807, 2.05) is 13.8 Å². The fourth-order valence-electron chi connectivity index (χ4n) is 1.71. The Morgan fingerprint density at radius 1 is 1.24 bits per heavy atom. The van der Waals surface area contributed by atoms with Crippen molar-refractivity contribution in [3.8, 4) is 10.6 Å². The number of thiazole rings is 1. The lowest BCUT2D eigenvalue weighted by Crippen LogP contribution is -2.21. The number of hydrogen-bond acceptors (Lipinski definition) is 3. The van der Waals surface area contributed by atoms with Crippen LogP contribution in [0.2, 0.25) is 0 Å². The first-order valence-electron chi connectivity index (χ1n) is 6.31. The monoisotopic (exact) mass is 318 g/mol. The largest absolute Gasteiger partial charge is 0.416 e. The highest BCUT2D eigenvalue weighted by molar-refractivity contribution is 7.13. The first-order chi connectivity index (χ1) is 9.75. The Kier molecular flexibility index (Phi) is 4.63. The molecule has 0 aliphatic rings. The van der Waals surface area contributed by atoms with Crippen LogP contribution < -0.4 is 5.32 Å². The third-order valence-electron chi connectivity index (χ3n) is 2.72. The molecule has 21 heavy (non-hydrogen) atoms. The average molecular weight is 318 g/mol. The van der Waals surface area contributed by atoms with Crippen molar-refractivity contribution < 1.29 is 17.6 Å². The van der Waals surface area contributed by atoms with Crippen LogP contribution in [-0.4, -0.2) is 11.0 Å². The normalized spacial score (nSPS) is 12.1. The maximum atomic E-state index is 13.4. The summed E-state index contributed by atoms with van der Waals surface area (Å²) >= 11 is 1.20. The number of rotatable bonds is 4. The van der Waals surface area contributed by atoms with E-state index in [2.05, 4.69) is 10.3 Å². The molecule has 0 bridgehead atoms. The number of nitrogens with one attached hydrogen (secondary N) is 1. The van der Waals surface area contributed by atoms with Crippen LogP contribution in [0.3, 0.4) is 0 Å². The van der Waals surface area contributed by atoms with E-state index >= 15 is 0 Å². The van der Waals surface area contributed by atoms with Gasteiger partial charge >= 0.3 is 6.18 Å². The summed E-state index contributed by atoms with van der Waals surface area (Å²) in [5.41, 5.74) is -0.140. The molecule has 0 atom stereocenters. The van der Waals surface area contributed by atoms with Gasteiger partial charge in [-0.3, -0.25) is 0 Å². The third-order valence-corrected chi connectivity index (χ3v) is 3.66. The first kappa shape index (κ1) is 15.9. The molecule has 0 unspecified atom stereocenters. The van der Waals surface area contributed by atoms with Crippen LogP contribution in [0.25, 0.3) is 10.6 Å². The van der Waals surface area contributed by atoms with E-state index in [-0.39, 0.29) is 11.6 Å². The zero-order valence-corrected chi connectivity index (χ0v) is 12.3. The lowest BCUT2D eigenvalue weighted by atomic mass is 10.1. The minimum atomic E-state index is -4.57. The van der Waals surface area contributed by atoms with Gasteiger partial charge in [-0.25, -0.2) is 9.37 Å². The summed E-state index contributed by atoms with van der Waals surface area (Å²) < 4.78 is 51.4. The highest BCUT2D eigenvalue weighted by atomic mass is 32.1. The van der Waals surface area contributed by atoms with Crippen molar-refractivity contribution in [2.75, 3.05) is 0 Å². The second-order valence-corrected chi connectivity index (χ2v) is 5.76. The molecule has 1 aromatic carbocycles. The SMILES string of the molecule is CC(C)NCc1csc(-c2cc(F)cc(C(F)(F)F)c2)n1. The zero-order chi connectivity index (χ0) is 15.6. The molecular formula is C14H14F4N2S. The Bertz CT molecular complexity index is 620. The number of benzene rings is 1. The Hall–Kier alpha value is -1.47. The Morgan fingerprint density at radius 2 is 1.95 bits per heavy atom. The van der Waals surface area contributed by atoms with Gasteiger partial charge in [-0.05, 0) is 18.2 Å². The predicted octanol–water partition coefficient (Wildman–Crippen LogP) is 4.47. The molecule has 114 valence electrons. The molecule has 1 aromatic heterocycles. The summed E-state index contributed by atoms with van der Waals surface area (Å²) in [6.07, 6.45) is -4.57. The van der Waals surface area contributed by atoms with Crippen LogP contribution in [0, 0.1) is 5.82 Å². The van der Waals surface area contributed by atoms with Crippen molar-refractivity contribution in [1.29, 1.82) is 0 Å². The quantitative estimate of drug-likeness (QED) is 0.842. The van der Waals surface area contributed by atoms with Crippen LogP contribution in [0.15, 0.2) is 23.6 Å². The second kappa shape index (κ2) is 6.11. The molecule has 2 aromatic rings. The van der Waals surface area contributed by atoms with Gasteiger partial charge < -0.3 is 5.32 Å². The summed E-state index contributed by atoms with van der Waals surface area (Å²) in [5.74, 6) is -0.920. The molecule has 0 aliphatic heterocycles. The third kappa shape index (κ3) is 4.25. The van der Waals surface area contributed by atoms with Crippen LogP contribution in [0.5, 0.6) is 0 Å². The average Bonchev–Trinajstić information content (AvgIpc) is 2.83. The van der Waals surface area contributed by atoms with Gasteiger partial charge in [-0.1, -0.05) is 13.8 Å². The molecule has 0 spiro atoms. The minimum Gasteiger partial charge on any atom is -0.309 e. The second-order valence-electron chi connectivity index (χ2n) is 4.91. The first-order valence-corrected chi connectivity index (χ1v) is 7.19. The van der Waals surface area contributed by atoms with Gasteiger partial charge in [-0.15, -0.1) is 11.3 Å². The van der Waals surface area contributed by atoms with Gasteiger partial charge in [-0.2, -0.15) is 13.2 Å². The predicted molar refractivity (Wildman–Crippen MR) is 74.5 cm³/mol. The zero-order valence-electron chi connectivity index (χ0n) is 11.5. The van der Waals surface area contributed by atoms with Gasteiger partial charge in [0.25, 0.3) is 0 Å². The molecule has 0 saturated heterocycles. The highest BCUT2D eigenvalue weighted by Gasteiger charge is 2.31. The molecule has 0 fully saturated rings. The molecule has 7 heteroatoms. The summed E-state index contributed by atoms with van der Waals surface area (Å²) in [4.78, 5) is 4.24. The molecule has 0 aliphatic carbocycles. The molecular weight excluding hydrogens is 304 g/mol. The van der Waals surface area contributed by atoms with E-state index in [4.69, 9.17) is 0 Å². The lowest BCUT2D eigenvalue weighted by molar-refractivity contribution is -0.137. The molecule has 0 radical (unpaired) electrons. The van der Waals surface area contributed by atoms with Gasteiger partial charge in [0.15, 0.2) is 0 Å². The summed E-state index contributed by atoms with van der Waals surface area (Å²) in [6, 6.07) is 2.74. The van der Waals surface area contributed by atoms with Crippen molar-refractivity contribution in [2.24, 2.45) is 0 Å². The maximum absolute atomic E-state index is 13.4. The Labute approximate surface area is 123 Å². The smallest absolute Gasteiger partial charge is 0.309 e. The van der Waals surface area contributed by atoms with E-state index in [0.717, 1.165) is 17.8 Å². The van der Waals surface area contributed by atoms with Crippen molar-refractivity contribution in [1.82, 2.24) is 10.3 Å². The Balaban J connectivity index is 2.28. The number of nitrogens with zero attached hydrogens (tertiary/aromatic N) is 1. The summed E-state index contributed by atoms with van der Waals surface area (Å²) in [5, 5.41) is 5.29. The summed E-state index contributed by atoms with van der Waals surface area (Å²) in [7, 11) is 0. The number of aromatic nitrogens is 1. The van der Waals surface area contributed by atoms with Gasteiger partial charge in [0.2, 0.25) is 0 Å². The van der Waals surface area contributed by atoms with Gasteiger partial charge in [0.05, 0.1) is 11.3 Å². The lowest BCUT2D eigenvalue weighted by Gasteiger charge is -2.08. The number of hydrogen-bond donors (Lipinski definition) is 1. The fraction of sp³-hybridized carbons (Fsp3) is 0.357. The van der Waals surface area contributed by atoms with E-state index < -0.39 is 17.6 Å². The topological polar surface area (TPSA) is 24.9 Å². The molecule has 0 amide bonds. The Morgan fingerprint density at radius 3 is 2.57 bits per heavy atom. The van der Waals surface area contributed by atoms with Crippen LogP contribution >= 0.6 is 11.3 Å². The van der Waals surface area contributed by atoms with E-state index in [9.17, 15) is 17.6 Å². The molecule has 2 rings (SSSR count). The molecule has 2 nitrogen and oxygen atoms in total. The van der Waals surface area contributed by atoms with Crippen molar-refractivity contribution in [2.45, 2.75) is 32.6 Å². The van der Waals surface area contributed by atoms with E-state index in [0.29, 0.717) is 17.6 Å². The number of alkyl halides is 3. The minimum absolute atomic E-state index is 0.142. The summed E-state index contributed by atoms with van der Waals surface area (Å²) in [6.45, 7) is 4.49. The standard InChI is InChI=1S/C14H14F4N2S/c1-8(2)19-6-12-7-21-13(20-12)9-3-10(14(16,17)18)5-11(15)4-9/h3-5,7-8,19H,6H2,1-2H3. The van der Waals surface area contributed by atoms with E-state index in [1.165, 1.54) is 11.3 Å². The van der Waals surface area contributed by atoms with Crippen LogP contribution in [0.4, 0.5) is 17.6 Å². The van der Waals surface area contributed by atoms with Crippen molar-refractivity contribution >= 4 is 11.3 Å². The van der Waals surface area contributed by atoms with Gasteiger partial charge in [0, 0.05) is 23.5 Å². The van der Waals surface area contributed by atoms with E-state index in [1.54, 1.807) is 5.38 Å². The maximum Gasteiger partial charge on any atom is 0.416 e. The molecule has 0 saturated carbocycles. The molecule has 1 N–H and O–H groups in total. The molecule has 1 heterocycles. The number of halogens is 4.